The zero-order chi connectivity index (χ0) is 27.6. The molecule has 1 fully saturated rings. The number of benzene rings is 2. The van der Waals surface area contributed by atoms with E-state index in [1.54, 1.807) is 6.26 Å². The summed E-state index contributed by atoms with van der Waals surface area (Å²) in [5.74, 6) is -0.171. The minimum Gasteiger partial charge on any atom is -0.464 e. The van der Waals surface area contributed by atoms with Crippen molar-refractivity contribution in [3.8, 4) is 0 Å². The second-order valence-corrected chi connectivity index (χ2v) is 10.6. The lowest BCUT2D eigenvalue weighted by Gasteiger charge is -2.39. The van der Waals surface area contributed by atoms with E-state index in [2.05, 4.69) is 4.98 Å². The molecular weight excluding hydrogens is 510 g/mol. The van der Waals surface area contributed by atoms with Gasteiger partial charge in [0.2, 0.25) is 6.29 Å². The number of ether oxygens (including phenoxy) is 2. The molecule has 9 nitrogen and oxygen atoms in total. The molecule has 9 heteroatoms. The summed E-state index contributed by atoms with van der Waals surface area (Å²) in [5, 5.41) is 10.6. The van der Waals surface area contributed by atoms with E-state index in [0.29, 0.717) is 45.4 Å². The summed E-state index contributed by atoms with van der Waals surface area (Å²) in [5.41, 5.74) is 3.36. The predicted molar refractivity (Wildman–Crippen MR) is 151 cm³/mol. The number of aliphatic hydroxyl groups excluding tert-OH is 1. The summed E-state index contributed by atoms with van der Waals surface area (Å²) in [6, 6.07) is 15.6. The lowest BCUT2D eigenvalue weighted by Crippen LogP contribution is -2.44. The van der Waals surface area contributed by atoms with Gasteiger partial charge < -0.3 is 28.9 Å². The number of imidazole rings is 1. The molecule has 4 aromatic rings. The number of aromatic amines is 1. The van der Waals surface area contributed by atoms with Crippen molar-refractivity contribution in [3.05, 3.63) is 82.7 Å². The monoisotopic (exact) mass is 545 g/mol. The number of hydrogen-bond acceptors (Lipinski definition) is 6. The number of nitrogens with zero attached hydrogens (tertiary/aromatic N) is 2. The minimum absolute atomic E-state index is 0.0121. The van der Waals surface area contributed by atoms with Crippen molar-refractivity contribution in [2.24, 2.45) is 5.92 Å². The normalized spacial score (nSPS) is 22.0. The maximum atomic E-state index is 13.8. The Bertz CT molecular complexity index is 1570. The van der Waals surface area contributed by atoms with Crippen molar-refractivity contribution in [2.45, 2.75) is 50.9 Å². The van der Waals surface area contributed by atoms with E-state index in [-0.39, 0.29) is 41.8 Å². The molecule has 2 aliphatic heterocycles. The third kappa shape index (κ3) is 4.84. The molecule has 2 aromatic heterocycles. The Kier molecular flexibility index (Phi) is 7.49. The summed E-state index contributed by atoms with van der Waals surface area (Å²) < 4.78 is 20.0. The van der Waals surface area contributed by atoms with Gasteiger partial charge in [0.05, 0.1) is 17.3 Å². The molecule has 40 heavy (non-hydrogen) atoms. The van der Waals surface area contributed by atoms with Gasteiger partial charge in [-0.3, -0.25) is 9.36 Å². The van der Waals surface area contributed by atoms with Crippen molar-refractivity contribution >= 4 is 27.9 Å². The Balaban J connectivity index is 1.26. The summed E-state index contributed by atoms with van der Waals surface area (Å²) >= 11 is 0. The lowest BCUT2D eigenvalue weighted by molar-refractivity contribution is -0.170. The number of rotatable bonds is 8. The molecule has 0 aliphatic carbocycles. The summed E-state index contributed by atoms with van der Waals surface area (Å²) in [7, 11) is 0. The largest absolute Gasteiger partial charge is 0.464 e. The number of furan rings is 1. The molecule has 3 unspecified atom stereocenters. The molecular formula is C31H35N3O6. The zero-order valence-electron chi connectivity index (χ0n) is 22.6. The highest BCUT2D eigenvalue weighted by atomic mass is 16.7. The molecule has 3 atom stereocenters. The summed E-state index contributed by atoms with van der Waals surface area (Å²) in [4.78, 5) is 31.3. The minimum atomic E-state index is -0.624. The number of piperidine rings is 1. The number of aliphatic hydroxyl groups is 1. The van der Waals surface area contributed by atoms with Crippen LogP contribution in [-0.2, 0) is 14.3 Å². The number of likely N-dealkylation sites (tertiary alicyclic amines) is 1. The Morgan fingerprint density at radius 3 is 2.70 bits per heavy atom. The first-order valence-corrected chi connectivity index (χ1v) is 14.1. The van der Waals surface area contributed by atoms with Gasteiger partial charge in [0.1, 0.15) is 5.58 Å². The number of hydrogen-bond donors (Lipinski definition) is 2. The van der Waals surface area contributed by atoms with Crippen LogP contribution in [-0.4, -0.2) is 58.1 Å². The van der Waals surface area contributed by atoms with Gasteiger partial charge >= 0.3 is 5.69 Å². The third-order valence-corrected chi connectivity index (χ3v) is 8.23. The maximum Gasteiger partial charge on any atom is 0.326 e. The molecule has 0 spiro atoms. The third-order valence-electron chi connectivity index (χ3n) is 8.23. The van der Waals surface area contributed by atoms with Gasteiger partial charge in [-0.25, -0.2) is 4.79 Å². The topological polar surface area (TPSA) is 110 Å². The SMILES string of the molecule is CCOC1OC(C(=O)N2CCC(n3c(=O)[nH]c4ccccc43)CC2)=CC(c2coc3ccccc23)C1CCCO. The van der Waals surface area contributed by atoms with Gasteiger partial charge in [0.15, 0.2) is 5.76 Å². The molecule has 6 rings (SSSR count). The Morgan fingerprint density at radius 2 is 1.90 bits per heavy atom. The quantitative estimate of drug-likeness (QED) is 0.333. The van der Waals surface area contributed by atoms with E-state index in [9.17, 15) is 14.7 Å². The Hall–Kier alpha value is -3.82. The van der Waals surface area contributed by atoms with Crippen LogP contribution in [0.25, 0.3) is 22.0 Å². The van der Waals surface area contributed by atoms with E-state index < -0.39 is 6.29 Å². The second kappa shape index (κ2) is 11.3. The molecule has 2 aromatic carbocycles. The van der Waals surface area contributed by atoms with E-state index in [0.717, 1.165) is 27.6 Å². The first-order valence-electron chi connectivity index (χ1n) is 14.1. The van der Waals surface area contributed by atoms with Crippen molar-refractivity contribution in [1.82, 2.24) is 14.5 Å². The summed E-state index contributed by atoms with van der Waals surface area (Å²) in [6.45, 7) is 3.45. The first-order chi connectivity index (χ1) is 19.6. The van der Waals surface area contributed by atoms with Gasteiger partial charge in [-0.05, 0) is 56.9 Å². The van der Waals surface area contributed by atoms with Crippen LogP contribution in [0.4, 0.5) is 0 Å². The first kappa shape index (κ1) is 26.4. The highest BCUT2D eigenvalue weighted by Gasteiger charge is 2.40. The van der Waals surface area contributed by atoms with Crippen molar-refractivity contribution in [1.29, 1.82) is 0 Å². The highest BCUT2D eigenvalue weighted by molar-refractivity contribution is 5.92. The molecule has 210 valence electrons. The van der Waals surface area contributed by atoms with Gasteiger partial charge in [0, 0.05) is 55.1 Å². The lowest BCUT2D eigenvalue weighted by atomic mass is 9.80. The van der Waals surface area contributed by atoms with Gasteiger partial charge in [-0.15, -0.1) is 0 Å². The number of allylic oxidation sites excluding steroid dienone is 1. The van der Waals surface area contributed by atoms with Crippen molar-refractivity contribution < 1.29 is 23.8 Å². The van der Waals surface area contributed by atoms with E-state index in [1.807, 2.05) is 71.0 Å². The van der Waals surface area contributed by atoms with Crippen molar-refractivity contribution in [3.63, 3.8) is 0 Å². The fourth-order valence-electron chi connectivity index (χ4n) is 6.29. The average Bonchev–Trinajstić information content (AvgIpc) is 3.56. The van der Waals surface area contributed by atoms with Crippen LogP contribution in [0.5, 0.6) is 0 Å². The van der Waals surface area contributed by atoms with Crippen LogP contribution in [0.2, 0.25) is 0 Å². The zero-order valence-corrected chi connectivity index (χ0v) is 22.6. The number of amides is 1. The fourth-order valence-corrected chi connectivity index (χ4v) is 6.29. The number of carbonyl (C=O) groups excluding carboxylic acids is 1. The summed E-state index contributed by atoms with van der Waals surface area (Å²) in [6.07, 6.45) is 5.67. The van der Waals surface area contributed by atoms with Crippen LogP contribution in [0, 0.1) is 5.92 Å². The molecule has 1 saturated heterocycles. The van der Waals surface area contributed by atoms with Crippen molar-refractivity contribution in [2.75, 3.05) is 26.3 Å². The van der Waals surface area contributed by atoms with Crippen LogP contribution < -0.4 is 5.69 Å². The number of para-hydroxylation sites is 3. The van der Waals surface area contributed by atoms with E-state index in [4.69, 9.17) is 13.9 Å². The molecule has 4 heterocycles. The smallest absolute Gasteiger partial charge is 0.326 e. The number of H-pyrrole nitrogens is 1. The standard InChI is InChI=1S/C31H35N3O6/c1-2-38-30-22(9-7-17-35)23(24-19-39-27-12-6-3-8-21(24)27)18-28(40-30)29(36)33-15-13-20(14-16-33)34-26-11-5-4-10-25(26)32-31(34)37/h3-6,8,10-12,18-20,22-23,30,35H,2,7,9,13-17H2,1H3,(H,32,37). The van der Waals surface area contributed by atoms with Gasteiger partial charge in [0.25, 0.3) is 5.91 Å². The van der Waals surface area contributed by atoms with Crippen LogP contribution >= 0.6 is 0 Å². The molecule has 2 N–H and O–H groups in total. The van der Waals surface area contributed by atoms with Gasteiger partial charge in [-0.1, -0.05) is 30.3 Å². The molecule has 0 bridgehead atoms. The molecule has 1 amide bonds. The molecule has 2 aliphatic rings. The maximum absolute atomic E-state index is 13.8. The number of nitrogens with one attached hydrogen (secondary N) is 1. The highest BCUT2D eigenvalue weighted by Crippen LogP contribution is 2.43. The van der Waals surface area contributed by atoms with E-state index >= 15 is 0 Å². The number of fused-ring (bicyclic) bond motifs is 2. The molecule has 0 radical (unpaired) electrons. The number of aromatic nitrogens is 2. The fraction of sp³-hybridized carbons (Fsp3) is 0.419. The molecule has 0 saturated carbocycles. The van der Waals surface area contributed by atoms with Gasteiger partial charge in [-0.2, -0.15) is 0 Å². The Morgan fingerprint density at radius 1 is 1.12 bits per heavy atom. The van der Waals surface area contributed by atoms with E-state index in [1.165, 1.54) is 0 Å². The second-order valence-electron chi connectivity index (χ2n) is 10.6. The number of carbonyl (C=O) groups is 1. The van der Waals surface area contributed by atoms with Crippen LogP contribution in [0.1, 0.15) is 50.1 Å². The Labute approximate surface area is 232 Å². The predicted octanol–water partition coefficient (Wildman–Crippen LogP) is 4.69. The van der Waals surface area contributed by atoms with Crippen LogP contribution in [0.3, 0.4) is 0 Å². The average molecular weight is 546 g/mol. The van der Waals surface area contributed by atoms with Crippen LogP contribution in [0.15, 0.2) is 75.8 Å².